The molecule has 0 bridgehead atoms. The smallest absolute Gasteiger partial charge is 0.354 e. The topological polar surface area (TPSA) is 103 Å². The average molecular weight is 278 g/mol. The first-order valence-electron chi connectivity index (χ1n) is 5.29. The monoisotopic (exact) mass is 278 g/mol. The number of rotatable bonds is 4. The van der Waals surface area contributed by atoms with E-state index in [0.717, 1.165) is 12.1 Å². The van der Waals surface area contributed by atoms with Crippen molar-refractivity contribution in [3.8, 4) is 11.6 Å². The van der Waals surface area contributed by atoms with Gasteiger partial charge in [-0.3, -0.25) is 10.1 Å². The van der Waals surface area contributed by atoms with E-state index in [1.807, 2.05) is 0 Å². The number of nitro groups is 1. The van der Waals surface area contributed by atoms with Gasteiger partial charge in [-0.1, -0.05) is 6.07 Å². The van der Waals surface area contributed by atoms with Crippen LogP contribution in [0.1, 0.15) is 10.5 Å². The van der Waals surface area contributed by atoms with E-state index in [1.165, 1.54) is 18.2 Å². The van der Waals surface area contributed by atoms with Gasteiger partial charge in [0.2, 0.25) is 5.88 Å². The molecular formula is C12H7FN2O5. The fraction of sp³-hybridized carbons (Fsp3) is 0. The lowest BCUT2D eigenvalue weighted by Gasteiger charge is -2.06. The zero-order valence-corrected chi connectivity index (χ0v) is 9.82. The Morgan fingerprint density at radius 1 is 1.35 bits per heavy atom. The van der Waals surface area contributed by atoms with Crippen molar-refractivity contribution in [3.63, 3.8) is 0 Å². The predicted octanol–water partition coefficient (Wildman–Crippen LogP) is 2.62. The molecule has 0 amide bonds. The van der Waals surface area contributed by atoms with E-state index in [2.05, 4.69) is 4.98 Å². The first-order chi connectivity index (χ1) is 9.47. The van der Waals surface area contributed by atoms with Crippen molar-refractivity contribution in [1.29, 1.82) is 0 Å². The summed E-state index contributed by atoms with van der Waals surface area (Å²) in [4.78, 5) is 24.1. The quantitative estimate of drug-likeness (QED) is 0.681. The maximum absolute atomic E-state index is 13.6. The molecule has 0 aliphatic carbocycles. The number of pyridine rings is 1. The lowest BCUT2D eigenvalue weighted by molar-refractivity contribution is -0.385. The van der Waals surface area contributed by atoms with Crippen LogP contribution in [-0.2, 0) is 0 Å². The Hall–Kier alpha value is -3.03. The molecule has 0 aliphatic heterocycles. The Balaban J connectivity index is 2.28. The molecule has 2 rings (SSSR count). The first kappa shape index (κ1) is 13.4. The maximum Gasteiger partial charge on any atom is 0.354 e. The zero-order chi connectivity index (χ0) is 14.7. The van der Waals surface area contributed by atoms with Crippen LogP contribution < -0.4 is 4.74 Å². The molecule has 0 radical (unpaired) electrons. The van der Waals surface area contributed by atoms with Gasteiger partial charge in [-0.15, -0.1) is 0 Å². The van der Waals surface area contributed by atoms with E-state index in [4.69, 9.17) is 9.84 Å². The van der Waals surface area contributed by atoms with Crippen molar-refractivity contribution in [2.24, 2.45) is 0 Å². The largest absolute Gasteiger partial charge is 0.477 e. The Morgan fingerprint density at radius 3 is 2.70 bits per heavy atom. The number of benzene rings is 1. The highest BCUT2D eigenvalue weighted by Crippen LogP contribution is 2.26. The van der Waals surface area contributed by atoms with Crippen LogP contribution in [0.25, 0.3) is 0 Å². The first-order valence-corrected chi connectivity index (χ1v) is 5.29. The summed E-state index contributed by atoms with van der Waals surface area (Å²) in [5, 5.41) is 19.2. The maximum atomic E-state index is 13.6. The number of non-ortho nitro benzene ring substituents is 1. The summed E-state index contributed by atoms with van der Waals surface area (Å²) < 4.78 is 18.6. The van der Waals surface area contributed by atoms with Crippen LogP contribution in [0.2, 0.25) is 0 Å². The molecule has 0 saturated carbocycles. The number of ether oxygens (including phenoxy) is 1. The van der Waals surface area contributed by atoms with Gasteiger partial charge < -0.3 is 9.84 Å². The predicted molar refractivity (Wildman–Crippen MR) is 64.3 cm³/mol. The molecule has 1 N–H and O–H groups in total. The summed E-state index contributed by atoms with van der Waals surface area (Å²) in [6.07, 6.45) is 0. The number of aromatic carboxylic acids is 1. The van der Waals surface area contributed by atoms with Gasteiger partial charge >= 0.3 is 5.97 Å². The average Bonchev–Trinajstić information content (AvgIpc) is 2.41. The minimum absolute atomic E-state index is 0.127. The second-order valence-electron chi connectivity index (χ2n) is 3.64. The van der Waals surface area contributed by atoms with Crippen LogP contribution in [-0.4, -0.2) is 21.0 Å². The molecule has 0 aliphatic rings. The number of carboxylic acids is 1. The van der Waals surface area contributed by atoms with E-state index in [-0.39, 0.29) is 17.3 Å². The summed E-state index contributed by atoms with van der Waals surface area (Å²) in [6.45, 7) is 0. The van der Waals surface area contributed by atoms with Crippen molar-refractivity contribution in [2.45, 2.75) is 0 Å². The van der Waals surface area contributed by atoms with E-state index in [1.54, 1.807) is 0 Å². The third kappa shape index (κ3) is 2.86. The molecule has 0 spiro atoms. The molecule has 8 heteroatoms. The minimum Gasteiger partial charge on any atom is -0.477 e. The van der Waals surface area contributed by atoms with Gasteiger partial charge in [-0.2, -0.15) is 0 Å². The lowest BCUT2D eigenvalue weighted by Crippen LogP contribution is -2.01. The van der Waals surface area contributed by atoms with E-state index < -0.39 is 22.4 Å². The van der Waals surface area contributed by atoms with Crippen molar-refractivity contribution in [2.75, 3.05) is 0 Å². The highest BCUT2D eigenvalue weighted by molar-refractivity contribution is 5.85. The number of aromatic nitrogens is 1. The zero-order valence-electron chi connectivity index (χ0n) is 9.82. The lowest BCUT2D eigenvalue weighted by atomic mass is 10.3. The molecule has 0 atom stereocenters. The number of halogens is 1. The van der Waals surface area contributed by atoms with Gasteiger partial charge in [-0.05, 0) is 12.1 Å². The van der Waals surface area contributed by atoms with Gasteiger partial charge in [0.1, 0.15) is 0 Å². The van der Waals surface area contributed by atoms with Gasteiger partial charge in [-0.25, -0.2) is 14.2 Å². The number of carboxylic acid groups (broad SMARTS) is 1. The molecule has 7 nitrogen and oxygen atoms in total. The Bertz CT molecular complexity index is 689. The van der Waals surface area contributed by atoms with Crippen LogP contribution in [0.4, 0.5) is 10.1 Å². The van der Waals surface area contributed by atoms with Crippen molar-refractivity contribution in [3.05, 3.63) is 58.0 Å². The molecular weight excluding hydrogens is 271 g/mol. The van der Waals surface area contributed by atoms with Crippen molar-refractivity contribution in [1.82, 2.24) is 4.98 Å². The van der Waals surface area contributed by atoms with Crippen LogP contribution >= 0.6 is 0 Å². The summed E-state index contributed by atoms with van der Waals surface area (Å²) >= 11 is 0. The molecule has 0 fully saturated rings. The van der Waals surface area contributed by atoms with Gasteiger partial charge in [0.15, 0.2) is 17.3 Å². The third-order valence-corrected chi connectivity index (χ3v) is 2.28. The van der Waals surface area contributed by atoms with Gasteiger partial charge in [0.05, 0.1) is 11.0 Å². The molecule has 102 valence electrons. The van der Waals surface area contributed by atoms with E-state index in [9.17, 15) is 19.3 Å². The van der Waals surface area contributed by atoms with E-state index in [0.29, 0.717) is 6.07 Å². The van der Waals surface area contributed by atoms with Crippen LogP contribution in [0.3, 0.4) is 0 Å². The number of nitro benzene ring substituents is 1. The Labute approximate surface area is 111 Å². The standard InChI is InChI=1S/C12H7FN2O5/c13-8-6-7(15(18)19)4-5-10(8)20-11-3-1-2-9(14-11)12(16)17/h1-6H,(H,16,17). The SMILES string of the molecule is O=C(O)c1cccc(Oc2ccc([N+](=O)[O-])cc2F)n1. The van der Waals surface area contributed by atoms with Crippen molar-refractivity contribution >= 4 is 11.7 Å². The Morgan fingerprint density at radius 2 is 2.10 bits per heavy atom. The molecule has 0 unspecified atom stereocenters. The van der Waals surface area contributed by atoms with Crippen LogP contribution in [0, 0.1) is 15.9 Å². The fourth-order valence-corrected chi connectivity index (χ4v) is 1.39. The van der Waals surface area contributed by atoms with Gasteiger partial charge in [0, 0.05) is 12.1 Å². The molecule has 2 aromatic rings. The summed E-state index contributed by atoms with van der Waals surface area (Å²) in [5.74, 6) is -2.61. The third-order valence-electron chi connectivity index (χ3n) is 2.28. The highest BCUT2D eigenvalue weighted by atomic mass is 19.1. The number of carbonyl (C=O) groups is 1. The normalized spacial score (nSPS) is 10.1. The molecule has 1 heterocycles. The summed E-state index contributed by atoms with van der Waals surface area (Å²) in [7, 11) is 0. The van der Waals surface area contributed by atoms with Crippen LogP contribution in [0.5, 0.6) is 11.6 Å². The number of hydrogen-bond donors (Lipinski definition) is 1. The number of nitrogens with zero attached hydrogens (tertiary/aromatic N) is 2. The second-order valence-corrected chi connectivity index (χ2v) is 3.64. The molecule has 0 saturated heterocycles. The molecule has 1 aromatic carbocycles. The fourth-order valence-electron chi connectivity index (χ4n) is 1.39. The summed E-state index contributed by atoms with van der Waals surface area (Å²) in [5.41, 5.74) is -0.674. The second kappa shape index (κ2) is 5.31. The van der Waals surface area contributed by atoms with E-state index >= 15 is 0 Å². The Kier molecular flexibility index (Phi) is 3.56. The van der Waals surface area contributed by atoms with Crippen molar-refractivity contribution < 1.29 is 24.0 Å². The van der Waals surface area contributed by atoms with Crippen LogP contribution in [0.15, 0.2) is 36.4 Å². The molecule has 1 aromatic heterocycles. The number of hydrogen-bond acceptors (Lipinski definition) is 5. The summed E-state index contributed by atoms with van der Waals surface area (Å²) in [6, 6.07) is 6.82. The minimum atomic E-state index is -1.25. The van der Waals surface area contributed by atoms with Gasteiger partial charge in [0.25, 0.3) is 5.69 Å². The molecule has 20 heavy (non-hydrogen) atoms. The highest BCUT2D eigenvalue weighted by Gasteiger charge is 2.13.